The van der Waals surface area contributed by atoms with Gasteiger partial charge in [0.2, 0.25) is 0 Å². The van der Waals surface area contributed by atoms with Crippen molar-refractivity contribution >= 4 is 0 Å². The maximum Gasteiger partial charge on any atom is 0.0784 e. The first-order chi connectivity index (χ1) is 6.85. The number of hydrogen-bond donors (Lipinski definition) is 1. The Bertz CT molecular complexity index is 185. The zero-order valence-electron chi connectivity index (χ0n) is 10.7. The van der Waals surface area contributed by atoms with Gasteiger partial charge in [-0.25, -0.2) is 0 Å². The first-order valence-electron chi connectivity index (χ1n) is 5.37. The molecule has 1 unspecified atom stereocenters. The molecule has 0 aliphatic heterocycles. The molecule has 0 aliphatic carbocycles. The second-order valence-electron chi connectivity index (χ2n) is 4.93. The third kappa shape index (κ3) is 9.91. The molecule has 0 rings (SSSR count). The van der Waals surface area contributed by atoms with Gasteiger partial charge in [0, 0.05) is 19.2 Å². The molecule has 3 nitrogen and oxygen atoms in total. The van der Waals surface area contributed by atoms with E-state index in [1.165, 1.54) is 0 Å². The molecular formula is C12H25NO2. The average Bonchev–Trinajstić information content (AvgIpc) is 2.11. The molecule has 0 radical (unpaired) electrons. The summed E-state index contributed by atoms with van der Waals surface area (Å²) >= 11 is 0. The van der Waals surface area contributed by atoms with Crippen molar-refractivity contribution in [3.8, 4) is 0 Å². The van der Waals surface area contributed by atoms with Crippen LogP contribution in [0, 0.1) is 0 Å². The van der Waals surface area contributed by atoms with Gasteiger partial charge in [0.1, 0.15) is 0 Å². The molecule has 0 heterocycles. The molecule has 1 N–H and O–H groups in total. The molecule has 0 fully saturated rings. The molecule has 0 spiro atoms. The lowest BCUT2D eigenvalue weighted by Gasteiger charge is -2.22. The van der Waals surface area contributed by atoms with E-state index in [9.17, 15) is 0 Å². The Morgan fingerprint density at radius 3 is 2.47 bits per heavy atom. The number of methoxy groups -OCH3 is 1. The fraction of sp³-hybridized carbons (Fsp3) is 0.833. The molecule has 0 aromatic heterocycles. The minimum Gasteiger partial charge on any atom is -0.382 e. The van der Waals surface area contributed by atoms with Crippen molar-refractivity contribution in [3.63, 3.8) is 0 Å². The summed E-state index contributed by atoms with van der Waals surface area (Å²) in [7, 11) is 1.68. The van der Waals surface area contributed by atoms with E-state index in [-0.39, 0.29) is 11.6 Å². The highest BCUT2D eigenvalue weighted by atomic mass is 16.5. The second kappa shape index (κ2) is 6.99. The summed E-state index contributed by atoms with van der Waals surface area (Å²) in [5.41, 5.74) is 1.19. The lowest BCUT2D eigenvalue weighted by Crippen LogP contribution is -2.37. The molecule has 1 atom stereocenters. The SMILES string of the molecule is C=C(CNC(C)(C)C)COC(C)COC. The van der Waals surface area contributed by atoms with Gasteiger partial charge in [-0.2, -0.15) is 0 Å². The van der Waals surface area contributed by atoms with Gasteiger partial charge in [0.15, 0.2) is 0 Å². The molecule has 0 amide bonds. The quantitative estimate of drug-likeness (QED) is 0.659. The van der Waals surface area contributed by atoms with Gasteiger partial charge in [0.25, 0.3) is 0 Å². The summed E-state index contributed by atoms with van der Waals surface area (Å²) in [5, 5.41) is 3.37. The second-order valence-corrected chi connectivity index (χ2v) is 4.93. The van der Waals surface area contributed by atoms with Crippen LogP contribution in [-0.4, -0.2) is 38.5 Å². The minimum absolute atomic E-state index is 0.126. The maximum atomic E-state index is 5.54. The third-order valence-electron chi connectivity index (χ3n) is 1.84. The maximum absolute atomic E-state index is 5.54. The smallest absolute Gasteiger partial charge is 0.0784 e. The number of rotatable bonds is 7. The van der Waals surface area contributed by atoms with Crippen LogP contribution in [0.2, 0.25) is 0 Å². The van der Waals surface area contributed by atoms with Crippen LogP contribution in [0.4, 0.5) is 0 Å². The summed E-state index contributed by atoms with van der Waals surface area (Å²) < 4.78 is 10.5. The summed E-state index contributed by atoms with van der Waals surface area (Å²) in [4.78, 5) is 0. The van der Waals surface area contributed by atoms with Crippen LogP contribution in [0.15, 0.2) is 12.2 Å². The molecule has 0 aromatic rings. The van der Waals surface area contributed by atoms with E-state index < -0.39 is 0 Å². The van der Waals surface area contributed by atoms with Gasteiger partial charge >= 0.3 is 0 Å². The third-order valence-corrected chi connectivity index (χ3v) is 1.84. The standard InChI is InChI=1S/C12H25NO2/c1-10(7-13-12(3,4)5)8-15-11(2)9-14-6/h11,13H,1,7-9H2,2-6H3. The van der Waals surface area contributed by atoms with Gasteiger partial charge in [-0.05, 0) is 33.3 Å². The Balaban J connectivity index is 3.58. The van der Waals surface area contributed by atoms with Gasteiger partial charge < -0.3 is 14.8 Å². The number of hydrogen-bond acceptors (Lipinski definition) is 3. The topological polar surface area (TPSA) is 30.5 Å². The van der Waals surface area contributed by atoms with Gasteiger partial charge in [0.05, 0.1) is 19.3 Å². The summed E-state index contributed by atoms with van der Waals surface area (Å²) in [6.45, 7) is 14.4. The predicted octanol–water partition coefficient (Wildman–Crippen LogP) is 1.98. The van der Waals surface area contributed by atoms with E-state index in [1.54, 1.807) is 7.11 Å². The predicted molar refractivity (Wildman–Crippen MR) is 64.2 cm³/mol. The van der Waals surface area contributed by atoms with Gasteiger partial charge in [-0.15, -0.1) is 0 Å². The van der Waals surface area contributed by atoms with Crippen LogP contribution >= 0.6 is 0 Å². The van der Waals surface area contributed by atoms with Crippen molar-refractivity contribution in [2.24, 2.45) is 0 Å². The van der Waals surface area contributed by atoms with Crippen molar-refractivity contribution in [1.82, 2.24) is 5.32 Å². The highest BCUT2D eigenvalue weighted by Gasteiger charge is 2.09. The monoisotopic (exact) mass is 215 g/mol. The van der Waals surface area contributed by atoms with E-state index in [2.05, 4.69) is 32.7 Å². The Morgan fingerprint density at radius 2 is 2.00 bits per heavy atom. The van der Waals surface area contributed by atoms with Crippen LogP contribution in [0.1, 0.15) is 27.7 Å². The van der Waals surface area contributed by atoms with E-state index in [4.69, 9.17) is 9.47 Å². The highest BCUT2D eigenvalue weighted by Crippen LogP contribution is 2.01. The van der Waals surface area contributed by atoms with Crippen LogP contribution in [0.3, 0.4) is 0 Å². The fourth-order valence-electron chi connectivity index (χ4n) is 0.984. The fourth-order valence-corrected chi connectivity index (χ4v) is 0.984. The van der Waals surface area contributed by atoms with Crippen molar-refractivity contribution < 1.29 is 9.47 Å². The number of nitrogens with one attached hydrogen (secondary N) is 1. The molecule has 0 saturated heterocycles. The van der Waals surface area contributed by atoms with Crippen molar-refractivity contribution in [1.29, 1.82) is 0 Å². The van der Waals surface area contributed by atoms with Crippen molar-refractivity contribution in [2.75, 3.05) is 26.9 Å². The molecule has 0 bridgehead atoms. The largest absolute Gasteiger partial charge is 0.382 e. The van der Waals surface area contributed by atoms with Crippen LogP contribution < -0.4 is 5.32 Å². The molecule has 3 heteroatoms. The first-order valence-corrected chi connectivity index (χ1v) is 5.37. The molecule has 0 saturated carbocycles. The molecule has 15 heavy (non-hydrogen) atoms. The van der Waals surface area contributed by atoms with Crippen molar-refractivity contribution in [3.05, 3.63) is 12.2 Å². The van der Waals surface area contributed by atoms with Gasteiger partial charge in [-0.1, -0.05) is 6.58 Å². The van der Waals surface area contributed by atoms with Crippen LogP contribution in [0.5, 0.6) is 0 Å². The summed E-state index contributed by atoms with van der Waals surface area (Å²) in [6, 6.07) is 0. The lowest BCUT2D eigenvalue weighted by molar-refractivity contribution is 0.0193. The Labute approximate surface area is 93.8 Å². The van der Waals surface area contributed by atoms with E-state index in [0.717, 1.165) is 12.1 Å². The Morgan fingerprint density at radius 1 is 1.40 bits per heavy atom. The Kier molecular flexibility index (Phi) is 6.81. The zero-order chi connectivity index (χ0) is 11.9. The normalized spacial score (nSPS) is 13.9. The lowest BCUT2D eigenvalue weighted by atomic mass is 10.1. The molecule has 0 aromatic carbocycles. The van der Waals surface area contributed by atoms with Crippen molar-refractivity contribution in [2.45, 2.75) is 39.3 Å². The summed E-state index contributed by atoms with van der Waals surface area (Å²) in [5.74, 6) is 0. The number of ether oxygens (including phenoxy) is 2. The summed E-state index contributed by atoms with van der Waals surface area (Å²) in [6.07, 6.45) is 0.126. The van der Waals surface area contributed by atoms with Gasteiger partial charge in [-0.3, -0.25) is 0 Å². The molecule has 0 aliphatic rings. The van der Waals surface area contributed by atoms with E-state index in [1.807, 2.05) is 6.92 Å². The van der Waals surface area contributed by atoms with Crippen LogP contribution in [0.25, 0.3) is 0 Å². The highest BCUT2D eigenvalue weighted by molar-refractivity contribution is 4.98. The molecular weight excluding hydrogens is 190 g/mol. The van der Waals surface area contributed by atoms with E-state index >= 15 is 0 Å². The zero-order valence-corrected chi connectivity index (χ0v) is 10.7. The van der Waals surface area contributed by atoms with Crippen LogP contribution in [-0.2, 0) is 9.47 Å². The minimum atomic E-state index is 0.126. The average molecular weight is 215 g/mol. The molecule has 90 valence electrons. The Hall–Kier alpha value is -0.380. The van der Waals surface area contributed by atoms with E-state index in [0.29, 0.717) is 13.2 Å². The first kappa shape index (κ1) is 14.6.